The summed E-state index contributed by atoms with van der Waals surface area (Å²) < 4.78 is 0. The molecule has 4 heterocycles. The minimum Gasteiger partial charge on any atom is -0.247 e. The number of rotatable bonds is 4. The van der Waals surface area contributed by atoms with Gasteiger partial charge in [0.25, 0.3) is 0 Å². The molecule has 0 N–H and O–H groups in total. The average molecular weight is 618 g/mol. The van der Waals surface area contributed by atoms with E-state index in [9.17, 15) is 10.5 Å². The first-order valence-electron chi connectivity index (χ1n) is 13.1. The summed E-state index contributed by atoms with van der Waals surface area (Å²) in [6.07, 6.45) is 4.93. The molecule has 0 saturated carbocycles. The lowest BCUT2D eigenvalue weighted by atomic mass is 9.92. The fourth-order valence-electron chi connectivity index (χ4n) is 5.34. The number of nitrogens with zero attached hydrogens (tertiary/aromatic N) is 4. The van der Waals surface area contributed by atoms with E-state index in [2.05, 4.69) is 24.3 Å². The Morgan fingerprint density at radius 3 is 1.52 bits per heavy atom. The third kappa shape index (κ3) is 4.69. The van der Waals surface area contributed by atoms with Crippen molar-refractivity contribution in [1.29, 1.82) is 10.5 Å². The van der Waals surface area contributed by atoms with Gasteiger partial charge >= 0.3 is 0 Å². The molecule has 0 atom stereocenters. The molecule has 7 rings (SSSR count). The lowest BCUT2D eigenvalue weighted by molar-refractivity contribution is 1.01. The summed E-state index contributed by atoms with van der Waals surface area (Å²) in [5, 5.41) is 25.8. The minimum atomic E-state index is 0.564. The number of hydrogen-bond donors (Lipinski definition) is 0. The second-order valence-electron chi connectivity index (χ2n) is 9.93. The van der Waals surface area contributed by atoms with Crippen LogP contribution < -0.4 is 10.7 Å². The van der Waals surface area contributed by atoms with Gasteiger partial charge in [0.05, 0.1) is 43.3 Å². The zero-order valence-electron chi connectivity index (χ0n) is 21.9. The summed E-state index contributed by atoms with van der Waals surface area (Å²) in [6.45, 7) is 0. The maximum absolute atomic E-state index is 9.69. The van der Waals surface area contributed by atoms with Crippen molar-refractivity contribution < 1.29 is 0 Å². The highest BCUT2D eigenvalue weighted by Gasteiger charge is 2.24. The van der Waals surface area contributed by atoms with Crippen molar-refractivity contribution in [3.05, 3.63) is 135 Å². The van der Waals surface area contributed by atoms with Crippen molar-refractivity contribution in [3.8, 4) is 12.1 Å². The van der Waals surface area contributed by atoms with E-state index in [4.69, 9.17) is 33.2 Å². The van der Waals surface area contributed by atoms with E-state index in [0.29, 0.717) is 44.7 Å². The summed E-state index contributed by atoms with van der Waals surface area (Å²) in [5.74, 6) is 0. The highest BCUT2D eigenvalue weighted by atomic mass is 35.5. The molecule has 0 bridgehead atoms. The van der Waals surface area contributed by atoms with Crippen molar-refractivity contribution in [2.24, 2.45) is 9.98 Å². The van der Waals surface area contributed by atoms with Crippen molar-refractivity contribution in [1.82, 2.24) is 0 Å². The standard InChI is InChI=1S/C34H18Cl2N4S2/c35-31-25-15-21-11-19(13-23(17-37)29-3-1-9-41-29)5-7-27(21)39-33(25)32(36)26-16-22-12-20(6-8-28(22)40-34(26)31)14-24(18-38)30-4-2-10-42-30/h1-14H,15-16H2/b23-13+,24-14+. The van der Waals surface area contributed by atoms with E-state index in [1.807, 2.05) is 71.4 Å². The number of fused-ring (bicyclic) bond motifs is 4. The monoisotopic (exact) mass is 616 g/mol. The van der Waals surface area contributed by atoms with Crippen LogP contribution in [0.25, 0.3) is 23.3 Å². The van der Waals surface area contributed by atoms with Crippen LogP contribution in [0.4, 0.5) is 11.4 Å². The molecule has 8 heteroatoms. The zero-order chi connectivity index (χ0) is 28.8. The Bertz CT molecular complexity index is 2020. The van der Waals surface area contributed by atoms with Gasteiger partial charge in [-0.05, 0) is 81.6 Å². The van der Waals surface area contributed by atoms with Crippen LogP contribution in [0.5, 0.6) is 0 Å². The van der Waals surface area contributed by atoms with Gasteiger partial charge in [-0.3, -0.25) is 0 Å². The Morgan fingerprint density at radius 1 is 0.690 bits per heavy atom. The maximum Gasteiger partial charge on any atom is 0.101 e. The fraction of sp³-hybridized carbons (Fsp3) is 0.0588. The van der Waals surface area contributed by atoms with E-state index in [-0.39, 0.29) is 0 Å². The highest BCUT2D eigenvalue weighted by molar-refractivity contribution is 7.11. The Morgan fingerprint density at radius 2 is 1.14 bits per heavy atom. The first-order valence-corrected chi connectivity index (χ1v) is 15.6. The number of halogens is 2. The fourth-order valence-corrected chi connectivity index (χ4v) is 7.35. The summed E-state index contributed by atoms with van der Waals surface area (Å²) in [7, 11) is 0. The van der Waals surface area contributed by atoms with Gasteiger partial charge in [-0.2, -0.15) is 10.5 Å². The largest absolute Gasteiger partial charge is 0.247 e. The van der Waals surface area contributed by atoms with Crippen LogP contribution in [-0.2, 0) is 12.8 Å². The lowest BCUT2D eigenvalue weighted by Crippen LogP contribution is -2.28. The van der Waals surface area contributed by atoms with Crippen LogP contribution in [0.15, 0.2) is 81.4 Å². The third-order valence-electron chi connectivity index (χ3n) is 7.36. The van der Waals surface area contributed by atoms with Crippen molar-refractivity contribution >= 4 is 80.5 Å². The third-order valence-corrected chi connectivity index (χ3v) is 9.98. The minimum absolute atomic E-state index is 0.564. The van der Waals surface area contributed by atoms with Gasteiger partial charge in [0.15, 0.2) is 0 Å². The van der Waals surface area contributed by atoms with E-state index < -0.39 is 0 Å². The molecule has 0 radical (unpaired) electrons. The van der Waals surface area contributed by atoms with Crippen LogP contribution >= 0.6 is 45.9 Å². The molecule has 0 spiro atoms. The molecule has 0 fully saturated rings. The van der Waals surface area contributed by atoms with E-state index >= 15 is 0 Å². The van der Waals surface area contributed by atoms with E-state index in [1.54, 1.807) is 22.7 Å². The Labute approximate surface area is 260 Å². The van der Waals surface area contributed by atoms with Gasteiger partial charge in [-0.1, -0.05) is 47.5 Å². The second kappa shape index (κ2) is 10.8. The number of hydrogen-bond acceptors (Lipinski definition) is 6. The quantitative estimate of drug-likeness (QED) is 0.185. The molecule has 0 unspecified atom stereocenters. The molecule has 42 heavy (non-hydrogen) atoms. The Hall–Kier alpha value is -4.30. The number of thiophene rings is 2. The number of nitriles is 2. The van der Waals surface area contributed by atoms with Gasteiger partial charge < -0.3 is 0 Å². The van der Waals surface area contributed by atoms with Gasteiger partial charge in [0, 0.05) is 33.7 Å². The molecule has 4 nitrogen and oxygen atoms in total. The van der Waals surface area contributed by atoms with Gasteiger partial charge in [-0.25, -0.2) is 9.98 Å². The van der Waals surface area contributed by atoms with Crippen molar-refractivity contribution in [2.75, 3.05) is 0 Å². The summed E-state index contributed by atoms with van der Waals surface area (Å²) >= 11 is 17.1. The summed E-state index contributed by atoms with van der Waals surface area (Å²) in [6, 6.07) is 24.4. The smallest absolute Gasteiger partial charge is 0.101 e. The molecule has 5 aromatic rings. The zero-order valence-corrected chi connectivity index (χ0v) is 25.0. The number of allylic oxidation sites excluding steroid dienone is 2. The Balaban J connectivity index is 1.28. The average Bonchev–Trinajstić information content (AvgIpc) is 3.75. The summed E-state index contributed by atoms with van der Waals surface area (Å²) in [4.78, 5) is 11.7. The molecule has 0 amide bonds. The van der Waals surface area contributed by atoms with Gasteiger partial charge in [-0.15, -0.1) is 22.7 Å². The van der Waals surface area contributed by atoms with Gasteiger partial charge in [0.2, 0.25) is 0 Å². The van der Waals surface area contributed by atoms with Crippen LogP contribution in [0.1, 0.15) is 43.1 Å². The van der Waals surface area contributed by atoms with Crippen LogP contribution in [0, 0.1) is 22.7 Å². The molecular formula is C34H18Cl2N4S2. The van der Waals surface area contributed by atoms with E-state index in [0.717, 1.165) is 54.5 Å². The first kappa shape index (κ1) is 26.6. The van der Waals surface area contributed by atoms with Crippen LogP contribution in [-0.4, -0.2) is 0 Å². The SMILES string of the molecule is N#C/C(=C\c1ccc2c(c1)Cc1c(Cl)c3c(c(Cl)c1=N2)Cc1cc(/C=C(\C#N)c2cccs2)ccc1N=3)c1cccs1. The van der Waals surface area contributed by atoms with Crippen LogP contribution in [0.3, 0.4) is 0 Å². The topological polar surface area (TPSA) is 72.3 Å². The number of benzene rings is 3. The van der Waals surface area contributed by atoms with E-state index in [1.165, 1.54) is 0 Å². The highest BCUT2D eigenvalue weighted by Crippen LogP contribution is 2.35. The molecule has 2 aliphatic heterocycles. The first-order chi connectivity index (χ1) is 20.5. The molecule has 0 saturated heterocycles. The summed E-state index contributed by atoms with van der Waals surface area (Å²) in [5.41, 5.74) is 8.53. The van der Waals surface area contributed by atoms with Crippen molar-refractivity contribution in [2.45, 2.75) is 12.8 Å². The van der Waals surface area contributed by atoms with Gasteiger partial charge in [0.1, 0.15) is 12.1 Å². The molecule has 0 aliphatic carbocycles. The predicted octanol–water partition coefficient (Wildman–Crippen LogP) is 8.96. The van der Waals surface area contributed by atoms with Crippen molar-refractivity contribution in [3.63, 3.8) is 0 Å². The molecule has 2 aromatic heterocycles. The molecule has 200 valence electrons. The predicted molar refractivity (Wildman–Crippen MR) is 172 cm³/mol. The molecule has 3 aromatic carbocycles. The molecule has 2 aliphatic rings. The Kier molecular flexibility index (Phi) is 6.86. The second-order valence-corrected chi connectivity index (χ2v) is 12.6. The van der Waals surface area contributed by atoms with Crippen LogP contribution in [0.2, 0.25) is 10.0 Å². The lowest BCUT2D eigenvalue weighted by Gasteiger charge is -2.21. The normalized spacial score (nSPS) is 13.4. The maximum atomic E-state index is 9.69. The molecular weight excluding hydrogens is 599 g/mol.